The third kappa shape index (κ3) is 3.55. The Labute approximate surface area is 127 Å². The van der Waals surface area contributed by atoms with E-state index in [1.807, 2.05) is 30.3 Å². The zero-order valence-corrected chi connectivity index (χ0v) is 13.3. The van der Waals surface area contributed by atoms with Gasteiger partial charge >= 0.3 is 0 Å². The monoisotopic (exact) mass is 335 g/mol. The Morgan fingerprint density at radius 2 is 1.95 bits per heavy atom. The highest BCUT2D eigenvalue weighted by atomic mass is 79.9. The average Bonchev–Trinajstić information content (AvgIpc) is 2.48. The lowest BCUT2D eigenvalue weighted by Gasteiger charge is -2.12. The molecule has 0 bridgehead atoms. The van der Waals surface area contributed by atoms with Crippen molar-refractivity contribution in [1.82, 2.24) is 9.97 Å². The van der Waals surface area contributed by atoms with Crippen molar-refractivity contribution in [1.29, 1.82) is 0 Å². The van der Waals surface area contributed by atoms with Gasteiger partial charge in [-0.05, 0) is 22.4 Å². The molecule has 0 amide bonds. The van der Waals surface area contributed by atoms with Gasteiger partial charge in [0.15, 0.2) is 5.82 Å². The number of halogens is 1. The van der Waals surface area contributed by atoms with Gasteiger partial charge in [-0.1, -0.05) is 37.3 Å². The highest BCUT2D eigenvalue weighted by Crippen LogP contribution is 2.31. The highest BCUT2D eigenvalue weighted by molar-refractivity contribution is 9.10. The van der Waals surface area contributed by atoms with Gasteiger partial charge in [0.25, 0.3) is 0 Å². The Balaban J connectivity index is 2.46. The van der Waals surface area contributed by atoms with Crippen LogP contribution in [-0.4, -0.2) is 23.6 Å². The van der Waals surface area contributed by atoms with E-state index in [2.05, 4.69) is 38.1 Å². The number of methoxy groups -OCH3 is 1. The lowest BCUT2D eigenvalue weighted by atomic mass is 10.1. The summed E-state index contributed by atoms with van der Waals surface area (Å²) in [4.78, 5) is 9.07. The molecule has 0 unspecified atom stereocenters. The predicted molar refractivity (Wildman–Crippen MR) is 84.7 cm³/mol. The topological polar surface area (TPSA) is 47.0 Å². The quantitative estimate of drug-likeness (QED) is 0.870. The average molecular weight is 336 g/mol. The van der Waals surface area contributed by atoms with Gasteiger partial charge in [-0.2, -0.15) is 0 Å². The van der Waals surface area contributed by atoms with Gasteiger partial charge in [0, 0.05) is 19.2 Å². The number of benzene rings is 1. The first-order chi connectivity index (χ1) is 9.76. The van der Waals surface area contributed by atoms with E-state index in [0.29, 0.717) is 12.4 Å². The maximum Gasteiger partial charge on any atom is 0.157 e. The molecule has 0 aliphatic rings. The minimum Gasteiger partial charge on any atom is -0.377 e. The summed E-state index contributed by atoms with van der Waals surface area (Å²) in [6.45, 7) is 3.39. The van der Waals surface area contributed by atoms with Crippen LogP contribution in [0.4, 0.5) is 5.82 Å². The molecule has 5 heteroatoms. The van der Waals surface area contributed by atoms with Gasteiger partial charge in [-0.25, -0.2) is 9.97 Å². The Morgan fingerprint density at radius 1 is 1.20 bits per heavy atom. The van der Waals surface area contributed by atoms with Crippen LogP contribution >= 0.6 is 15.9 Å². The van der Waals surface area contributed by atoms with Crippen LogP contribution in [0.25, 0.3) is 11.3 Å². The molecule has 0 radical (unpaired) electrons. The molecular weight excluding hydrogens is 318 g/mol. The summed E-state index contributed by atoms with van der Waals surface area (Å²) in [6, 6.07) is 10.1. The normalized spacial score (nSPS) is 10.6. The summed E-state index contributed by atoms with van der Waals surface area (Å²) < 4.78 is 6.04. The first-order valence-electron chi connectivity index (χ1n) is 6.61. The molecule has 1 heterocycles. The molecule has 1 aromatic heterocycles. The maximum absolute atomic E-state index is 5.15. The minimum atomic E-state index is 0.397. The van der Waals surface area contributed by atoms with Crippen LogP contribution in [0.15, 0.2) is 34.8 Å². The van der Waals surface area contributed by atoms with Crippen LogP contribution in [0.2, 0.25) is 0 Å². The Bertz CT molecular complexity index is 561. The molecule has 0 spiro atoms. The predicted octanol–water partition coefficient (Wildman–Crippen LogP) is 3.87. The van der Waals surface area contributed by atoms with Crippen molar-refractivity contribution in [3.63, 3.8) is 0 Å². The Kier molecular flexibility index (Phi) is 5.49. The van der Waals surface area contributed by atoms with E-state index in [0.717, 1.165) is 34.5 Å². The summed E-state index contributed by atoms with van der Waals surface area (Å²) in [5.41, 5.74) is 1.94. The lowest BCUT2D eigenvalue weighted by molar-refractivity contribution is 0.178. The smallest absolute Gasteiger partial charge is 0.157 e. The standard InChI is InChI=1S/C15H18BrN3O/c1-3-9-17-15-13(16)14(11-7-5-4-6-8-11)18-12(19-15)10-20-2/h4-8H,3,9-10H2,1-2H3,(H,17,18,19). The van der Waals surface area contributed by atoms with Crippen LogP contribution in [-0.2, 0) is 11.3 Å². The van der Waals surface area contributed by atoms with Crippen molar-refractivity contribution in [2.24, 2.45) is 0 Å². The zero-order chi connectivity index (χ0) is 14.4. The van der Waals surface area contributed by atoms with Crippen molar-refractivity contribution >= 4 is 21.7 Å². The zero-order valence-electron chi connectivity index (χ0n) is 11.7. The largest absolute Gasteiger partial charge is 0.377 e. The number of rotatable bonds is 6. The van der Waals surface area contributed by atoms with Gasteiger partial charge in [-0.15, -0.1) is 0 Å². The molecule has 0 saturated carbocycles. The van der Waals surface area contributed by atoms with E-state index in [9.17, 15) is 0 Å². The number of aromatic nitrogens is 2. The van der Waals surface area contributed by atoms with Gasteiger partial charge < -0.3 is 10.1 Å². The summed E-state index contributed by atoms with van der Waals surface area (Å²) in [6.07, 6.45) is 1.04. The van der Waals surface area contributed by atoms with Crippen LogP contribution in [0.1, 0.15) is 19.2 Å². The second kappa shape index (κ2) is 7.36. The number of hydrogen-bond donors (Lipinski definition) is 1. The first kappa shape index (κ1) is 14.9. The molecule has 4 nitrogen and oxygen atoms in total. The van der Waals surface area contributed by atoms with Crippen molar-refractivity contribution in [3.8, 4) is 11.3 Å². The minimum absolute atomic E-state index is 0.397. The molecule has 106 valence electrons. The summed E-state index contributed by atoms with van der Waals surface area (Å²) >= 11 is 3.61. The maximum atomic E-state index is 5.15. The Morgan fingerprint density at radius 3 is 2.60 bits per heavy atom. The molecule has 0 saturated heterocycles. The van der Waals surface area contributed by atoms with Crippen molar-refractivity contribution in [2.45, 2.75) is 20.0 Å². The molecule has 2 aromatic rings. The number of anilines is 1. The fraction of sp³-hybridized carbons (Fsp3) is 0.333. The third-order valence-corrected chi connectivity index (χ3v) is 3.51. The number of hydrogen-bond acceptors (Lipinski definition) is 4. The van der Waals surface area contributed by atoms with Crippen LogP contribution in [0.5, 0.6) is 0 Å². The van der Waals surface area contributed by atoms with Crippen LogP contribution in [0, 0.1) is 0 Å². The van der Waals surface area contributed by atoms with E-state index < -0.39 is 0 Å². The second-order valence-electron chi connectivity index (χ2n) is 4.38. The van der Waals surface area contributed by atoms with Gasteiger partial charge in [0.2, 0.25) is 0 Å². The van der Waals surface area contributed by atoms with Gasteiger partial charge in [0.1, 0.15) is 12.4 Å². The molecule has 0 atom stereocenters. The summed E-state index contributed by atoms with van der Waals surface area (Å²) in [7, 11) is 1.65. The van der Waals surface area contributed by atoms with E-state index in [1.165, 1.54) is 0 Å². The fourth-order valence-corrected chi connectivity index (χ4v) is 2.38. The number of nitrogens with one attached hydrogen (secondary N) is 1. The molecule has 0 aliphatic heterocycles. The molecule has 0 fully saturated rings. The molecule has 0 aliphatic carbocycles. The van der Waals surface area contributed by atoms with Crippen molar-refractivity contribution in [3.05, 3.63) is 40.6 Å². The molecular formula is C15H18BrN3O. The lowest BCUT2D eigenvalue weighted by Crippen LogP contribution is -2.08. The van der Waals surface area contributed by atoms with Gasteiger partial charge in [0.05, 0.1) is 10.2 Å². The number of nitrogens with zero attached hydrogens (tertiary/aromatic N) is 2. The fourth-order valence-electron chi connectivity index (χ4n) is 1.83. The SMILES string of the molecule is CCCNc1nc(COC)nc(-c2ccccc2)c1Br. The second-order valence-corrected chi connectivity index (χ2v) is 5.17. The van der Waals surface area contributed by atoms with E-state index >= 15 is 0 Å². The first-order valence-corrected chi connectivity index (χ1v) is 7.40. The van der Waals surface area contributed by atoms with Crippen LogP contribution in [0.3, 0.4) is 0 Å². The Hall–Kier alpha value is -1.46. The molecule has 20 heavy (non-hydrogen) atoms. The van der Waals surface area contributed by atoms with Crippen LogP contribution < -0.4 is 5.32 Å². The molecule has 2 rings (SSSR count). The molecule has 1 N–H and O–H groups in total. The summed E-state index contributed by atoms with van der Waals surface area (Å²) in [5, 5.41) is 3.32. The third-order valence-electron chi connectivity index (χ3n) is 2.76. The van der Waals surface area contributed by atoms with E-state index in [4.69, 9.17) is 4.74 Å². The molecule has 1 aromatic carbocycles. The van der Waals surface area contributed by atoms with E-state index in [-0.39, 0.29) is 0 Å². The highest BCUT2D eigenvalue weighted by Gasteiger charge is 2.13. The summed E-state index contributed by atoms with van der Waals surface area (Å²) in [5.74, 6) is 1.49. The van der Waals surface area contributed by atoms with Crippen molar-refractivity contribution in [2.75, 3.05) is 19.0 Å². The van der Waals surface area contributed by atoms with Crippen molar-refractivity contribution < 1.29 is 4.74 Å². The van der Waals surface area contributed by atoms with E-state index in [1.54, 1.807) is 7.11 Å². The van der Waals surface area contributed by atoms with Gasteiger partial charge in [-0.3, -0.25) is 0 Å². The number of ether oxygens (including phenoxy) is 1.